The van der Waals surface area contributed by atoms with Crippen molar-refractivity contribution in [1.29, 1.82) is 0 Å². The standard InChI is InChI=1S/C20H22FN3O3/c1-27-14-19(25)22-17-4-2-5-18(12-17)24-11-3-10-23(20(24)26)13-15-6-8-16(21)9-7-15/h2,4-9,12H,3,10-11,13-14H2,1H3,(H,22,25). The van der Waals surface area contributed by atoms with Crippen LogP contribution in [0.5, 0.6) is 0 Å². The zero-order chi connectivity index (χ0) is 19.2. The Morgan fingerprint density at radius 1 is 1.19 bits per heavy atom. The van der Waals surface area contributed by atoms with Crippen LogP contribution in [0.1, 0.15) is 12.0 Å². The molecule has 0 saturated carbocycles. The predicted molar refractivity (Wildman–Crippen MR) is 101 cm³/mol. The minimum absolute atomic E-state index is 0.0294. The molecule has 0 aliphatic carbocycles. The average molecular weight is 371 g/mol. The summed E-state index contributed by atoms with van der Waals surface area (Å²) in [6.07, 6.45) is 0.827. The van der Waals surface area contributed by atoms with Gasteiger partial charge < -0.3 is 15.0 Å². The lowest BCUT2D eigenvalue weighted by molar-refractivity contribution is -0.119. The number of nitrogens with zero attached hydrogens (tertiary/aromatic N) is 2. The van der Waals surface area contributed by atoms with Crippen molar-refractivity contribution < 1.29 is 18.7 Å². The summed E-state index contributed by atoms with van der Waals surface area (Å²) in [7, 11) is 1.46. The number of carbonyl (C=O) groups is 2. The Labute approximate surface area is 157 Å². The number of urea groups is 1. The van der Waals surface area contributed by atoms with Gasteiger partial charge in [-0.05, 0) is 42.3 Å². The number of halogens is 1. The number of rotatable bonds is 6. The Bertz CT molecular complexity index is 810. The third-order valence-electron chi connectivity index (χ3n) is 4.31. The van der Waals surface area contributed by atoms with E-state index in [1.54, 1.807) is 40.1 Å². The molecule has 0 radical (unpaired) electrons. The van der Waals surface area contributed by atoms with E-state index in [2.05, 4.69) is 5.32 Å². The summed E-state index contributed by atoms with van der Waals surface area (Å²) in [6, 6.07) is 13.2. The first-order valence-electron chi connectivity index (χ1n) is 8.76. The third kappa shape index (κ3) is 4.83. The second-order valence-corrected chi connectivity index (χ2v) is 6.37. The highest BCUT2D eigenvalue weighted by Gasteiger charge is 2.27. The van der Waals surface area contributed by atoms with E-state index in [4.69, 9.17) is 4.74 Å². The lowest BCUT2D eigenvalue weighted by Gasteiger charge is -2.36. The lowest BCUT2D eigenvalue weighted by Crippen LogP contribution is -2.49. The Kier molecular flexibility index (Phi) is 6.03. The normalized spacial score (nSPS) is 14.4. The average Bonchev–Trinajstić information content (AvgIpc) is 2.65. The van der Waals surface area contributed by atoms with Gasteiger partial charge in [-0.15, -0.1) is 0 Å². The largest absolute Gasteiger partial charge is 0.375 e. The van der Waals surface area contributed by atoms with Crippen LogP contribution >= 0.6 is 0 Å². The molecule has 0 atom stereocenters. The molecule has 0 bridgehead atoms. The molecule has 1 aliphatic heterocycles. The van der Waals surface area contributed by atoms with Crippen LogP contribution in [-0.2, 0) is 16.1 Å². The van der Waals surface area contributed by atoms with Crippen molar-refractivity contribution in [3.05, 3.63) is 59.9 Å². The quantitative estimate of drug-likeness (QED) is 0.848. The van der Waals surface area contributed by atoms with E-state index in [0.29, 0.717) is 25.3 Å². The van der Waals surface area contributed by atoms with Crippen LogP contribution in [0.2, 0.25) is 0 Å². The van der Waals surface area contributed by atoms with Gasteiger partial charge in [0.05, 0.1) is 0 Å². The van der Waals surface area contributed by atoms with Gasteiger partial charge in [-0.25, -0.2) is 9.18 Å². The van der Waals surface area contributed by atoms with E-state index < -0.39 is 0 Å². The number of nitrogens with one attached hydrogen (secondary N) is 1. The molecule has 2 aromatic rings. The number of carbonyl (C=O) groups excluding carboxylic acids is 2. The fourth-order valence-corrected chi connectivity index (χ4v) is 3.06. The number of methoxy groups -OCH3 is 1. The number of hydrogen-bond acceptors (Lipinski definition) is 3. The number of anilines is 2. The number of hydrogen-bond donors (Lipinski definition) is 1. The summed E-state index contributed by atoms with van der Waals surface area (Å²) in [6.45, 7) is 1.66. The maximum atomic E-state index is 13.1. The second-order valence-electron chi connectivity index (χ2n) is 6.37. The Morgan fingerprint density at radius 2 is 1.96 bits per heavy atom. The molecule has 1 aliphatic rings. The van der Waals surface area contributed by atoms with E-state index in [0.717, 1.165) is 17.7 Å². The topological polar surface area (TPSA) is 61.9 Å². The van der Waals surface area contributed by atoms with Crippen molar-refractivity contribution in [3.8, 4) is 0 Å². The molecule has 6 nitrogen and oxygen atoms in total. The number of benzene rings is 2. The molecule has 1 heterocycles. The van der Waals surface area contributed by atoms with Crippen molar-refractivity contribution in [1.82, 2.24) is 4.90 Å². The minimum Gasteiger partial charge on any atom is -0.375 e. The van der Waals surface area contributed by atoms with Gasteiger partial charge >= 0.3 is 6.03 Å². The highest BCUT2D eigenvalue weighted by atomic mass is 19.1. The molecule has 7 heteroatoms. The minimum atomic E-state index is -0.294. The van der Waals surface area contributed by atoms with Gasteiger partial charge in [0, 0.05) is 38.1 Å². The highest BCUT2D eigenvalue weighted by Crippen LogP contribution is 2.24. The Hall–Kier alpha value is -2.93. The van der Waals surface area contributed by atoms with Crippen molar-refractivity contribution in [2.24, 2.45) is 0 Å². The Balaban J connectivity index is 1.71. The van der Waals surface area contributed by atoms with E-state index in [-0.39, 0.29) is 24.4 Å². The van der Waals surface area contributed by atoms with Crippen molar-refractivity contribution in [2.75, 3.05) is 37.0 Å². The van der Waals surface area contributed by atoms with E-state index in [1.165, 1.54) is 19.2 Å². The van der Waals surface area contributed by atoms with E-state index in [9.17, 15) is 14.0 Å². The molecule has 142 valence electrons. The number of ether oxygens (including phenoxy) is 1. The molecule has 3 rings (SSSR count). The van der Waals surface area contributed by atoms with Crippen LogP contribution in [0.3, 0.4) is 0 Å². The monoisotopic (exact) mass is 371 g/mol. The molecule has 0 spiro atoms. The van der Waals surface area contributed by atoms with Gasteiger partial charge in [-0.2, -0.15) is 0 Å². The fourth-order valence-electron chi connectivity index (χ4n) is 3.06. The fraction of sp³-hybridized carbons (Fsp3) is 0.300. The van der Waals surface area contributed by atoms with Gasteiger partial charge in [0.15, 0.2) is 0 Å². The van der Waals surface area contributed by atoms with Crippen molar-refractivity contribution in [2.45, 2.75) is 13.0 Å². The summed E-state index contributed by atoms with van der Waals surface area (Å²) in [5.74, 6) is -0.546. The summed E-state index contributed by atoms with van der Waals surface area (Å²) in [5, 5.41) is 2.74. The molecule has 0 unspecified atom stereocenters. The predicted octanol–water partition coefficient (Wildman–Crippen LogP) is 3.24. The van der Waals surface area contributed by atoms with Gasteiger partial charge in [0.25, 0.3) is 0 Å². The van der Waals surface area contributed by atoms with Crippen LogP contribution in [0.15, 0.2) is 48.5 Å². The van der Waals surface area contributed by atoms with Crippen LogP contribution in [0.4, 0.5) is 20.6 Å². The molecular formula is C20H22FN3O3. The molecule has 1 saturated heterocycles. The number of amides is 3. The van der Waals surface area contributed by atoms with Crippen molar-refractivity contribution in [3.63, 3.8) is 0 Å². The first-order chi connectivity index (χ1) is 13.1. The maximum Gasteiger partial charge on any atom is 0.324 e. The molecule has 0 aromatic heterocycles. The van der Waals surface area contributed by atoms with Gasteiger partial charge in [0.1, 0.15) is 12.4 Å². The van der Waals surface area contributed by atoms with Gasteiger partial charge in [-0.1, -0.05) is 18.2 Å². The van der Waals surface area contributed by atoms with Gasteiger partial charge in [0.2, 0.25) is 5.91 Å². The van der Waals surface area contributed by atoms with Crippen LogP contribution in [0, 0.1) is 5.82 Å². The summed E-state index contributed by atoms with van der Waals surface area (Å²) < 4.78 is 17.9. The zero-order valence-corrected chi connectivity index (χ0v) is 15.2. The SMILES string of the molecule is COCC(=O)Nc1cccc(N2CCCN(Cc3ccc(F)cc3)C2=O)c1. The van der Waals surface area contributed by atoms with Crippen LogP contribution in [0.25, 0.3) is 0 Å². The maximum absolute atomic E-state index is 13.1. The first-order valence-corrected chi connectivity index (χ1v) is 8.76. The second kappa shape index (κ2) is 8.64. The van der Waals surface area contributed by atoms with Crippen LogP contribution < -0.4 is 10.2 Å². The zero-order valence-electron chi connectivity index (χ0n) is 15.2. The van der Waals surface area contributed by atoms with Gasteiger partial charge in [-0.3, -0.25) is 9.69 Å². The molecule has 1 N–H and O–H groups in total. The molecule has 1 fully saturated rings. The summed E-state index contributed by atoms with van der Waals surface area (Å²) in [4.78, 5) is 28.0. The smallest absolute Gasteiger partial charge is 0.324 e. The van der Waals surface area contributed by atoms with E-state index >= 15 is 0 Å². The lowest BCUT2D eigenvalue weighted by atomic mass is 10.1. The molecule has 27 heavy (non-hydrogen) atoms. The highest BCUT2D eigenvalue weighted by molar-refractivity contribution is 5.95. The first kappa shape index (κ1) is 18.8. The summed E-state index contributed by atoms with van der Waals surface area (Å²) >= 11 is 0. The summed E-state index contributed by atoms with van der Waals surface area (Å²) in [5.41, 5.74) is 2.21. The Morgan fingerprint density at radius 3 is 2.70 bits per heavy atom. The molecular weight excluding hydrogens is 349 g/mol. The third-order valence-corrected chi connectivity index (χ3v) is 4.31. The van der Waals surface area contributed by atoms with Crippen LogP contribution in [-0.4, -0.2) is 43.6 Å². The molecule has 3 amide bonds. The van der Waals surface area contributed by atoms with Crippen molar-refractivity contribution >= 4 is 23.3 Å². The van der Waals surface area contributed by atoms with E-state index in [1.807, 2.05) is 6.07 Å². The molecule has 2 aromatic carbocycles.